The monoisotopic (exact) mass is 195 g/mol. The zero-order chi connectivity index (χ0) is 10.6. The van der Waals surface area contributed by atoms with Gasteiger partial charge in [0.05, 0.1) is 6.10 Å². The standard InChI is InChI=1S/C11H17NO2/c1-8-4-5-10(12)6-11(8)14-7-9(2)13-3/h4-6,9H,7,12H2,1-3H3. The molecule has 1 atom stereocenters. The topological polar surface area (TPSA) is 44.5 Å². The van der Waals surface area contributed by atoms with Crippen LogP contribution >= 0.6 is 0 Å². The van der Waals surface area contributed by atoms with Crippen molar-refractivity contribution >= 4 is 5.69 Å². The fourth-order valence-electron chi connectivity index (χ4n) is 1.05. The van der Waals surface area contributed by atoms with Crippen LogP contribution in [0.1, 0.15) is 12.5 Å². The van der Waals surface area contributed by atoms with E-state index in [0.29, 0.717) is 6.61 Å². The van der Waals surface area contributed by atoms with E-state index in [9.17, 15) is 0 Å². The van der Waals surface area contributed by atoms with Crippen molar-refractivity contribution in [2.24, 2.45) is 0 Å². The summed E-state index contributed by atoms with van der Waals surface area (Å²) in [5, 5.41) is 0. The molecule has 0 aromatic heterocycles. The van der Waals surface area contributed by atoms with Crippen molar-refractivity contribution in [1.29, 1.82) is 0 Å². The van der Waals surface area contributed by atoms with Gasteiger partial charge in [-0.1, -0.05) is 6.07 Å². The number of aryl methyl sites for hydroxylation is 1. The smallest absolute Gasteiger partial charge is 0.124 e. The summed E-state index contributed by atoms with van der Waals surface area (Å²) in [4.78, 5) is 0. The quantitative estimate of drug-likeness (QED) is 0.747. The number of anilines is 1. The fourth-order valence-corrected chi connectivity index (χ4v) is 1.05. The Balaban J connectivity index is 2.62. The van der Waals surface area contributed by atoms with E-state index in [1.165, 1.54) is 0 Å². The molecule has 0 amide bonds. The van der Waals surface area contributed by atoms with Crippen molar-refractivity contribution in [3.05, 3.63) is 23.8 Å². The highest BCUT2D eigenvalue weighted by molar-refractivity contribution is 5.47. The summed E-state index contributed by atoms with van der Waals surface area (Å²) in [7, 11) is 1.67. The number of hydrogen-bond donors (Lipinski definition) is 1. The fraction of sp³-hybridized carbons (Fsp3) is 0.455. The predicted octanol–water partition coefficient (Wildman–Crippen LogP) is 1.99. The van der Waals surface area contributed by atoms with Crippen LogP contribution in [0.15, 0.2) is 18.2 Å². The van der Waals surface area contributed by atoms with E-state index < -0.39 is 0 Å². The maximum atomic E-state index is 5.66. The summed E-state index contributed by atoms with van der Waals surface area (Å²) in [5.74, 6) is 0.828. The van der Waals surface area contributed by atoms with Gasteiger partial charge in [-0.2, -0.15) is 0 Å². The van der Waals surface area contributed by atoms with Crippen LogP contribution in [0.5, 0.6) is 5.75 Å². The van der Waals surface area contributed by atoms with Crippen LogP contribution in [0, 0.1) is 6.92 Å². The summed E-state index contributed by atoms with van der Waals surface area (Å²) in [5.41, 5.74) is 7.46. The molecule has 0 saturated carbocycles. The van der Waals surface area contributed by atoms with Gasteiger partial charge in [0.2, 0.25) is 0 Å². The molecule has 3 nitrogen and oxygen atoms in total. The first-order valence-corrected chi connectivity index (χ1v) is 4.65. The van der Waals surface area contributed by atoms with Gasteiger partial charge in [-0.15, -0.1) is 0 Å². The Bertz CT molecular complexity index is 299. The summed E-state index contributed by atoms with van der Waals surface area (Å²) in [6, 6.07) is 5.64. The van der Waals surface area contributed by atoms with Crippen molar-refractivity contribution in [1.82, 2.24) is 0 Å². The maximum Gasteiger partial charge on any atom is 0.124 e. The first kappa shape index (κ1) is 10.9. The van der Waals surface area contributed by atoms with Gasteiger partial charge in [-0.05, 0) is 25.5 Å². The molecular weight excluding hydrogens is 178 g/mol. The Labute approximate surface area is 84.8 Å². The Hall–Kier alpha value is -1.22. The normalized spacial score (nSPS) is 12.5. The van der Waals surface area contributed by atoms with Gasteiger partial charge in [0.15, 0.2) is 0 Å². The summed E-state index contributed by atoms with van der Waals surface area (Å²) < 4.78 is 10.7. The Morgan fingerprint density at radius 1 is 1.43 bits per heavy atom. The third-order valence-electron chi connectivity index (χ3n) is 2.09. The molecule has 2 N–H and O–H groups in total. The molecule has 1 rings (SSSR count). The van der Waals surface area contributed by atoms with E-state index in [0.717, 1.165) is 17.0 Å². The molecule has 0 radical (unpaired) electrons. The molecule has 0 aliphatic carbocycles. The van der Waals surface area contributed by atoms with Gasteiger partial charge in [0.25, 0.3) is 0 Å². The van der Waals surface area contributed by atoms with Gasteiger partial charge in [0.1, 0.15) is 12.4 Å². The molecule has 0 fully saturated rings. The average molecular weight is 195 g/mol. The third kappa shape index (κ3) is 2.92. The molecule has 0 saturated heterocycles. The minimum atomic E-state index is 0.0934. The van der Waals surface area contributed by atoms with E-state index in [2.05, 4.69) is 0 Å². The van der Waals surface area contributed by atoms with Gasteiger partial charge in [-0.25, -0.2) is 0 Å². The number of methoxy groups -OCH3 is 1. The second kappa shape index (κ2) is 4.86. The predicted molar refractivity (Wildman–Crippen MR) is 57.6 cm³/mol. The number of nitrogen functional groups attached to an aromatic ring is 1. The maximum absolute atomic E-state index is 5.66. The molecule has 3 heteroatoms. The van der Waals surface area contributed by atoms with Crippen molar-refractivity contribution in [2.45, 2.75) is 20.0 Å². The first-order valence-electron chi connectivity index (χ1n) is 4.65. The Morgan fingerprint density at radius 3 is 2.79 bits per heavy atom. The Morgan fingerprint density at radius 2 is 2.14 bits per heavy atom. The number of rotatable bonds is 4. The van der Waals surface area contributed by atoms with E-state index in [1.807, 2.05) is 32.0 Å². The van der Waals surface area contributed by atoms with E-state index in [1.54, 1.807) is 7.11 Å². The molecule has 0 spiro atoms. The minimum absolute atomic E-state index is 0.0934. The first-order chi connectivity index (χ1) is 6.63. The summed E-state index contributed by atoms with van der Waals surface area (Å²) in [6.45, 7) is 4.49. The van der Waals surface area contributed by atoms with Crippen LogP contribution in [0.2, 0.25) is 0 Å². The SMILES string of the molecule is COC(C)COc1cc(N)ccc1C. The molecule has 0 aliphatic rings. The van der Waals surface area contributed by atoms with Crippen LogP contribution in [0.4, 0.5) is 5.69 Å². The van der Waals surface area contributed by atoms with Gasteiger partial charge in [0, 0.05) is 18.9 Å². The lowest BCUT2D eigenvalue weighted by molar-refractivity contribution is 0.0714. The minimum Gasteiger partial charge on any atom is -0.491 e. The highest BCUT2D eigenvalue weighted by Gasteiger charge is 2.03. The van der Waals surface area contributed by atoms with E-state index in [-0.39, 0.29) is 6.10 Å². The third-order valence-corrected chi connectivity index (χ3v) is 2.09. The average Bonchev–Trinajstić information content (AvgIpc) is 2.19. The lowest BCUT2D eigenvalue weighted by Crippen LogP contribution is -2.16. The van der Waals surface area contributed by atoms with Crippen molar-refractivity contribution in [3.63, 3.8) is 0 Å². The largest absolute Gasteiger partial charge is 0.491 e. The lowest BCUT2D eigenvalue weighted by atomic mass is 10.2. The molecule has 1 aromatic carbocycles. The molecular formula is C11H17NO2. The Kier molecular flexibility index (Phi) is 3.77. The van der Waals surface area contributed by atoms with E-state index in [4.69, 9.17) is 15.2 Å². The number of nitrogens with two attached hydrogens (primary N) is 1. The molecule has 78 valence electrons. The highest BCUT2D eigenvalue weighted by Crippen LogP contribution is 2.20. The highest BCUT2D eigenvalue weighted by atomic mass is 16.5. The second-order valence-electron chi connectivity index (χ2n) is 3.38. The number of benzene rings is 1. The summed E-state index contributed by atoms with van der Waals surface area (Å²) >= 11 is 0. The number of hydrogen-bond acceptors (Lipinski definition) is 3. The van der Waals surface area contributed by atoms with Gasteiger partial charge < -0.3 is 15.2 Å². The molecule has 1 unspecified atom stereocenters. The van der Waals surface area contributed by atoms with Crippen LogP contribution in [0.25, 0.3) is 0 Å². The van der Waals surface area contributed by atoms with Crippen molar-refractivity contribution < 1.29 is 9.47 Å². The molecule has 14 heavy (non-hydrogen) atoms. The molecule has 0 bridgehead atoms. The molecule has 1 aromatic rings. The molecule has 0 heterocycles. The van der Waals surface area contributed by atoms with E-state index >= 15 is 0 Å². The zero-order valence-corrected chi connectivity index (χ0v) is 8.91. The van der Waals surface area contributed by atoms with Crippen LogP contribution in [-0.2, 0) is 4.74 Å². The molecule has 0 aliphatic heterocycles. The van der Waals surface area contributed by atoms with Crippen molar-refractivity contribution in [3.8, 4) is 5.75 Å². The van der Waals surface area contributed by atoms with Gasteiger partial charge in [-0.3, -0.25) is 0 Å². The number of ether oxygens (including phenoxy) is 2. The van der Waals surface area contributed by atoms with Crippen LogP contribution < -0.4 is 10.5 Å². The van der Waals surface area contributed by atoms with Crippen LogP contribution in [0.3, 0.4) is 0 Å². The zero-order valence-electron chi connectivity index (χ0n) is 8.91. The second-order valence-corrected chi connectivity index (χ2v) is 3.38. The van der Waals surface area contributed by atoms with Gasteiger partial charge >= 0.3 is 0 Å². The van der Waals surface area contributed by atoms with Crippen molar-refractivity contribution in [2.75, 3.05) is 19.5 Å². The van der Waals surface area contributed by atoms with Crippen LogP contribution in [-0.4, -0.2) is 19.8 Å². The lowest BCUT2D eigenvalue weighted by Gasteiger charge is -2.13. The summed E-state index contributed by atoms with van der Waals surface area (Å²) in [6.07, 6.45) is 0.0934.